The standard InChI is InChI=1S/C16H20Cl2N2/c1-4-14-16(18)15(20(3)19-14)9-13(10-17)12-7-5-6-11(2)8-12/h5-8,13H,4,9-10H2,1-3H3. The van der Waals surface area contributed by atoms with E-state index in [0.29, 0.717) is 5.88 Å². The lowest BCUT2D eigenvalue weighted by Crippen LogP contribution is -2.09. The number of alkyl halides is 1. The molecular formula is C16H20Cl2N2. The molecule has 0 aliphatic heterocycles. The first-order chi connectivity index (χ1) is 9.56. The van der Waals surface area contributed by atoms with Gasteiger partial charge in [0.2, 0.25) is 0 Å². The highest BCUT2D eigenvalue weighted by molar-refractivity contribution is 6.31. The molecule has 2 nitrogen and oxygen atoms in total. The molecule has 0 fully saturated rings. The molecule has 0 saturated carbocycles. The first-order valence-electron chi connectivity index (χ1n) is 6.89. The second kappa shape index (κ2) is 6.64. The summed E-state index contributed by atoms with van der Waals surface area (Å²) in [7, 11) is 1.95. The number of aromatic nitrogens is 2. The van der Waals surface area contributed by atoms with Crippen LogP contribution in [0.3, 0.4) is 0 Å². The van der Waals surface area contributed by atoms with E-state index in [4.69, 9.17) is 23.2 Å². The van der Waals surface area contributed by atoms with Crippen molar-refractivity contribution in [3.05, 3.63) is 51.8 Å². The number of halogens is 2. The molecule has 2 rings (SSSR count). The Kier molecular flexibility index (Phi) is 5.11. The van der Waals surface area contributed by atoms with Gasteiger partial charge in [-0.2, -0.15) is 5.10 Å². The van der Waals surface area contributed by atoms with Crippen LogP contribution in [0.5, 0.6) is 0 Å². The monoisotopic (exact) mass is 310 g/mol. The molecule has 1 unspecified atom stereocenters. The maximum absolute atomic E-state index is 6.42. The number of aryl methyl sites for hydroxylation is 3. The lowest BCUT2D eigenvalue weighted by Gasteiger charge is -2.15. The van der Waals surface area contributed by atoms with E-state index in [1.54, 1.807) is 0 Å². The molecule has 0 bridgehead atoms. The van der Waals surface area contributed by atoms with E-state index in [-0.39, 0.29) is 5.92 Å². The maximum atomic E-state index is 6.42. The van der Waals surface area contributed by atoms with Gasteiger partial charge in [-0.05, 0) is 25.3 Å². The summed E-state index contributed by atoms with van der Waals surface area (Å²) in [4.78, 5) is 0. The minimum absolute atomic E-state index is 0.258. The number of hydrogen-bond donors (Lipinski definition) is 0. The molecule has 1 aromatic heterocycles. The van der Waals surface area contributed by atoms with Gasteiger partial charge in [0.25, 0.3) is 0 Å². The minimum Gasteiger partial charge on any atom is -0.271 e. The zero-order valence-electron chi connectivity index (χ0n) is 12.2. The van der Waals surface area contributed by atoms with Gasteiger partial charge in [0, 0.05) is 18.8 Å². The van der Waals surface area contributed by atoms with Gasteiger partial charge in [-0.15, -0.1) is 11.6 Å². The molecule has 1 heterocycles. The number of rotatable bonds is 5. The lowest BCUT2D eigenvalue weighted by atomic mass is 9.94. The van der Waals surface area contributed by atoms with Gasteiger partial charge in [-0.25, -0.2) is 0 Å². The zero-order valence-corrected chi connectivity index (χ0v) is 13.7. The Morgan fingerprint density at radius 2 is 2.10 bits per heavy atom. The molecule has 20 heavy (non-hydrogen) atoms. The quantitative estimate of drug-likeness (QED) is 0.743. The van der Waals surface area contributed by atoms with E-state index in [1.807, 2.05) is 11.7 Å². The van der Waals surface area contributed by atoms with Gasteiger partial charge in [0.1, 0.15) is 0 Å². The van der Waals surface area contributed by atoms with Crippen molar-refractivity contribution < 1.29 is 0 Å². The molecule has 1 aromatic carbocycles. The second-order valence-electron chi connectivity index (χ2n) is 5.15. The smallest absolute Gasteiger partial charge is 0.0849 e. The number of benzene rings is 1. The van der Waals surface area contributed by atoms with Crippen LogP contribution in [0.15, 0.2) is 24.3 Å². The predicted molar refractivity (Wildman–Crippen MR) is 85.9 cm³/mol. The molecular weight excluding hydrogens is 291 g/mol. The van der Waals surface area contributed by atoms with Crippen LogP contribution < -0.4 is 0 Å². The Morgan fingerprint density at radius 1 is 1.35 bits per heavy atom. The summed E-state index contributed by atoms with van der Waals surface area (Å²) in [5.41, 5.74) is 4.54. The molecule has 0 aliphatic rings. The molecule has 0 amide bonds. The van der Waals surface area contributed by atoms with Crippen LogP contribution in [0, 0.1) is 6.92 Å². The van der Waals surface area contributed by atoms with Gasteiger partial charge < -0.3 is 0 Å². The molecule has 108 valence electrons. The Morgan fingerprint density at radius 3 is 2.65 bits per heavy atom. The lowest BCUT2D eigenvalue weighted by molar-refractivity contribution is 0.655. The Balaban J connectivity index is 2.29. The summed E-state index contributed by atoms with van der Waals surface area (Å²) in [6.45, 7) is 4.17. The van der Waals surface area contributed by atoms with Crippen LogP contribution in [0.25, 0.3) is 0 Å². The van der Waals surface area contributed by atoms with Crippen molar-refractivity contribution in [2.45, 2.75) is 32.6 Å². The van der Waals surface area contributed by atoms with Gasteiger partial charge in [-0.3, -0.25) is 4.68 Å². The summed E-state index contributed by atoms with van der Waals surface area (Å²) in [6, 6.07) is 8.50. The van der Waals surface area contributed by atoms with E-state index in [0.717, 1.165) is 29.3 Å². The fraction of sp³-hybridized carbons (Fsp3) is 0.438. The Hall–Kier alpha value is -0.990. The third kappa shape index (κ3) is 3.18. The van der Waals surface area contributed by atoms with Crippen molar-refractivity contribution in [3.8, 4) is 0 Å². The van der Waals surface area contributed by atoms with Gasteiger partial charge in [0.15, 0.2) is 0 Å². The molecule has 0 radical (unpaired) electrons. The number of nitrogens with zero attached hydrogens (tertiary/aromatic N) is 2. The van der Waals surface area contributed by atoms with Crippen molar-refractivity contribution >= 4 is 23.2 Å². The van der Waals surface area contributed by atoms with E-state index in [9.17, 15) is 0 Å². The topological polar surface area (TPSA) is 17.8 Å². The normalized spacial score (nSPS) is 12.7. The van der Waals surface area contributed by atoms with Crippen molar-refractivity contribution in [1.29, 1.82) is 0 Å². The largest absolute Gasteiger partial charge is 0.271 e. The van der Waals surface area contributed by atoms with Crippen LogP contribution >= 0.6 is 23.2 Å². The highest BCUT2D eigenvalue weighted by Crippen LogP contribution is 2.28. The van der Waals surface area contributed by atoms with Crippen LogP contribution in [-0.2, 0) is 19.9 Å². The molecule has 1 atom stereocenters. The van der Waals surface area contributed by atoms with Gasteiger partial charge in [0.05, 0.1) is 16.4 Å². The first-order valence-corrected chi connectivity index (χ1v) is 7.80. The average molecular weight is 311 g/mol. The highest BCUT2D eigenvalue weighted by Gasteiger charge is 2.19. The number of hydrogen-bond acceptors (Lipinski definition) is 1. The predicted octanol–water partition coefficient (Wildman–Crippen LogP) is 4.51. The van der Waals surface area contributed by atoms with Crippen LogP contribution in [0.2, 0.25) is 5.02 Å². The van der Waals surface area contributed by atoms with E-state index < -0.39 is 0 Å². The minimum atomic E-state index is 0.258. The summed E-state index contributed by atoms with van der Waals surface area (Å²) in [5.74, 6) is 0.834. The SMILES string of the molecule is CCc1nn(C)c(CC(CCl)c2cccc(C)c2)c1Cl. The van der Waals surface area contributed by atoms with Crippen molar-refractivity contribution in [1.82, 2.24) is 9.78 Å². The molecule has 2 aromatic rings. The van der Waals surface area contributed by atoms with Gasteiger partial charge in [-0.1, -0.05) is 48.4 Å². The molecule has 0 spiro atoms. The first kappa shape index (κ1) is 15.4. The third-order valence-corrected chi connectivity index (χ3v) is 4.45. The second-order valence-corrected chi connectivity index (χ2v) is 5.84. The van der Waals surface area contributed by atoms with Gasteiger partial charge >= 0.3 is 0 Å². The zero-order chi connectivity index (χ0) is 14.7. The van der Waals surface area contributed by atoms with Crippen LogP contribution in [0.4, 0.5) is 0 Å². The van der Waals surface area contributed by atoms with E-state index >= 15 is 0 Å². The van der Waals surface area contributed by atoms with Crippen LogP contribution in [0.1, 0.15) is 35.4 Å². The average Bonchev–Trinajstić information content (AvgIpc) is 2.71. The van der Waals surface area contributed by atoms with Crippen molar-refractivity contribution in [2.24, 2.45) is 7.05 Å². The Bertz CT molecular complexity index is 590. The van der Waals surface area contributed by atoms with Crippen molar-refractivity contribution in [3.63, 3.8) is 0 Å². The van der Waals surface area contributed by atoms with E-state index in [1.165, 1.54) is 11.1 Å². The molecule has 0 aliphatic carbocycles. The summed E-state index contributed by atoms with van der Waals surface area (Å²) >= 11 is 12.6. The Labute approximate surface area is 130 Å². The summed E-state index contributed by atoms with van der Waals surface area (Å²) in [6.07, 6.45) is 1.66. The fourth-order valence-corrected chi connectivity index (χ4v) is 3.12. The van der Waals surface area contributed by atoms with Crippen LogP contribution in [-0.4, -0.2) is 15.7 Å². The maximum Gasteiger partial charge on any atom is 0.0849 e. The molecule has 4 heteroatoms. The summed E-state index contributed by atoms with van der Waals surface area (Å²) < 4.78 is 1.89. The van der Waals surface area contributed by atoms with E-state index in [2.05, 4.69) is 43.2 Å². The highest BCUT2D eigenvalue weighted by atomic mass is 35.5. The molecule has 0 saturated heterocycles. The van der Waals surface area contributed by atoms with Crippen molar-refractivity contribution in [2.75, 3.05) is 5.88 Å². The summed E-state index contributed by atoms with van der Waals surface area (Å²) in [5, 5.41) is 5.26. The fourth-order valence-electron chi connectivity index (χ4n) is 2.46. The molecule has 0 N–H and O–H groups in total. The third-order valence-electron chi connectivity index (χ3n) is 3.64.